The molecule has 3 unspecified atom stereocenters. The molecule has 0 amide bonds. The molecule has 2 heterocycles. The monoisotopic (exact) mass is 279 g/mol. The topological polar surface area (TPSA) is 50.3 Å². The fraction of sp³-hybridized carbons (Fsp3) is 0.800. The third kappa shape index (κ3) is 3.05. The molecule has 2 N–H and O–H groups in total. The summed E-state index contributed by atoms with van der Waals surface area (Å²) < 4.78 is 2.26. The number of hydrogen-bond acceptors (Lipinski definition) is 4. The highest BCUT2D eigenvalue weighted by Crippen LogP contribution is 2.25. The number of rotatable bonds is 5. The van der Waals surface area contributed by atoms with E-state index in [0.29, 0.717) is 18.6 Å². The summed E-state index contributed by atoms with van der Waals surface area (Å²) >= 11 is 0. The van der Waals surface area contributed by atoms with Crippen molar-refractivity contribution in [2.45, 2.75) is 51.9 Å². The molecule has 0 spiro atoms. The molecule has 114 valence electrons. The second-order valence-corrected chi connectivity index (χ2v) is 6.08. The van der Waals surface area contributed by atoms with Crippen LogP contribution in [0.3, 0.4) is 0 Å². The lowest BCUT2D eigenvalue weighted by Gasteiger charge is -2.45. The molecule has 1 fully saturated rings. The van der Waals surface area contributed by atoms with Crippen LogP contribution in [0.15, 0.2) is 12.5 Å². The second kappa shape index (κ2) is 6.70. The molecule has 20 heavy (non-hydrogen) atoms. The van der Waals surface area contributed by atoms with Gasteiger partial charge in [0, 0.05) is 44.5 Å². The Morgan fingerprint density at radius 3 is 2.55 bits per heavy atom. The predicted molar refractivity (Wildman–Crippen MR) is 82.6 cm³/mol. The zero-order valence-corrected chi connectivity index (χ0v) is 13.3. The Hall–Kier alpha value is -0.910. The summed E-state index contributed by atoms with van der Waals surface area (Å²) in [5.74, 6) is 0. The molecule has 3 atom stereocenters. The largest absolute Gasteiger partial charge is 0.333 e. The van der Waals surface area contributed by atoms with Gasteiger partial charge in [-0.1, -0.05) is 6.92 Å². The lowest BCUT2D eigenvalue weighted by Crippen LogP contribution is -2.56. The van der Waals surface area contributed by atoms with Crippen molar-refractivity contribution in [1.82, 2.24) is 19.4 Å². The minimum Gasteiger partial charge on any atom is -0.333 e. The third-order valence-electron chi connectivity index (χ3n) is 4.60. The average molecular weight is 279 g/mol. The first-order valence-corrected chi connectivity index (χ1v) is 7.74. The molecule has 0 aliphatic carbocycles. The highest BCUT2D eigenvalue weighted by Gasteiger charge is 2.32. The predicted octanol–water partition coefficient (Wildman–Crippen LogP) is 1.32. The van der Waals surface area contributed by atoms with E-state index in [1.807, 2.05) is 12.5 Å². The Kier molecular flexibility index (Phi) is 5.18. The van der Waals surface area contributed by atoms with Crippen LogP contribution in [0.1, 0.15) is 38.9 Å². The van der Waals surface area contributed by atoms with Crippen molar-refractivity contribution in [3.63, 3.8) is 0 Å². The van der Waals surface area contributed by atoms with Gasteiger partial charge in [-0.25, -0.2) is 4.98 Å². The summed E-state index contributed by atoms with van der Waals surface area (Å²) in [5.41, 5.74) is 7.35. The lowest BCUT2D eigenvalue weighted by atomic mass is 10.0. The molecule has 5 heteroatoms. The van der Waals surface area contributed by atoms with E-state index < -0.39 is 0 Å². The zero-order chi connectivity index (χ0) is 14.7. The van der Waals surface area contributed by atoms with Gasteiger partial charge < -0.3 is 10.3 Å². The van der Waals surface area contributed by atoms with Crippen molar-refractivity contribution in [3.8, 4) is 0 Å². The van der Waals surface area contributed by atoms with Gasteiger partial charge in [0.05, 0.1) is 18.1 Å². The van der Waals surface area contributed by atoms with Crippen LogP contribution in [-0.4, -0.2) is 58.1 Å². The Labute approximate surface area is 122 Å². The standard InChI is InChI=1S/C15H29N5/c1-5-6-19-11-17-8-15(19)14(7-16)20-9-12(2)18(4)13(3)10-20/h8,11-14H,5-7,9-10,16H2,1-4H3. The van der Waals surface area contributed by atoms with Gasteiger partial charge in [0.2, 0.25) is 0 Å². The minimum atomic E-state index is 0.280. The molecule has 0 radical (unpaired) electrons. The summed E-state index contributed by atoms with van der Waals surface area (Å²) in [4.78, 5) is 9.31. The van der Waals surface area contributed by atoms with Crippen LogP contribution in [0.2, 0.25) is 0 Å². The maximum absolute atomic E-state index is 6.09. The molecule has 1 aromatic rings. The highest BCUT2D eigenvalue weighted by molar-refractivity contribution is 5.08. The number of nitrogens with zero attached hydrogens (tertiary/aromatic N) is 4. The molecule has 2 rings (SSSR count). The van der Waals surface area contributed by atoms with E-state index in [9.17, 15) is 0 Å². The van der Waals surface area contributed by atoms with Crippen LogP contribution < -0.4 is 5.73 Å². The van der Waals surface area contributed by atoms with Gasteiger partial charge in [-0.3, -0.25) is 9.80 Å². The first-order chi connectivity index (χ1) is 9.58. The van der Waals surface area contributed by atoms with E-state index in [4.69, 9.17) is 5.73 Å². The summed E-state index contributed by atoms with van der Waals surface area (Å²) in [6, 6.07) is 1.41. The van der Waals surface area contributed by atoms with Gasteiger partial charge in [-0.15, -0.1) is 0 Å². The molecular formula is C15H29N5. The van der Waals surface area contributed by atoms with Gasteiger partial charge in [-0.2, -0.15) is 0 Å². The Morgan fingerprint density at radius 1 is 1.35 bits per heavy atom. The van der Waals surface area contributed by atoms with Crippen molar-refractivity contribution >= 4 is 0 Å². The first-order valence-electron chi connectivity index (χ1n) is 7.74. The van der Waals surface area contributed by atoms with E-state index in [2.05, 4.69) is 47.2 Å². The van der Waals surface area contributed by atoms with Gasteiger partial charge in [-0.05, 0) is 27.3 Å². The van der Waals surface area contributed by atoms with Crippen LogP contribution in [0.5, 0.6) is 0 Å². The van der Waals surface area contributed by atoms with Gasteiger partial charge in [0.15, 0.2) is 0 Å². The van der Waals surface area contributed by atoms with E-state index in [1.165, 1.54) is 5.69 Å². The second-order valence-electron chi connectivity index (χ2n) is 6.08. The molecule has 0 aromatic carbocycles. The lowest BCUT2D eigenvalue weighted by molar-refractivity contribution is 0.0332. The number of nitrogens with two attached hydrogens (primary N) is 1. The SMILES string of the molecule is CCCn1cncc1C(CN)N1CC(C)N(C)C(C)C1. The van der Waals surface area contributed by atoms with Gasteiger partial charge >= 0.3 is 0 Å². The fourth-order valence-electron chi connectivity index (χ4n) is 3.19. The Balaban J connectivity index is 2.17. The molecule has 1 saturated heterocycles. The van der Waals surface area contributed by atoms with Crippen LogP contribution in [0.25, 0.3) is 0 Å². The number of likely N-dealkylation sites (N-methyl/N-ethyl adjacent to an activating group) is 1. The Morgan fingerprint density at radius 2 is 2.00 bits per heavy atom. The molecule has 0 bridgehead atoms. The van der Waals surface area contributed by atoms with E-state index in [-0.39, 0.29) is 6.04 Å². The fourth-order valence-corrected chi connectivity index (χ4v) is 3.19. The quantitative estimate of drug-likeness (QED) is 0.883. The van der Waals surface area contributed by atoms with Crippen LogP contribution in [0, 0.1) is 0 Å². The van der Waals surface area contributed by atoms with Crippen LogP contribution in [-0.2, 0) is 6.54 Å². The van der Waals surface area contributed by atoms with Crippen molar-refractivity contribution in [3.05, 3.63) is 18.2 Å². The summed E-state index contributed by atoms with van der Waals surface area (Å²) in [6.45, 7) is 10.6. The summed E-state index contributed by atoms with van der Waals surface area (Å²) in [6.07, 6.45) is 5.04. The van der Waals surface area contributed by atoms with Gasteiger partial charge in [0.25, 0.3) is 0 Å². The molecular weight excluding hydrogens is 250 g/mol. The zero-order valence-electron chi connectivity index (χ0n) is 13.3. The van der Waals surface area contributed by atoms with Gasteiger partial charge in [0.1, 0.15) is 0 Å². The van der Waals surface area contributed by atoms with Crippen molar-refractivity contribution in [2.75, 3.05) is 26.7 Å². The molecule has 0 saturated carbocycles. The van der Waals surface area contributed by atoms with E-state index >= 15 is 0 Å². The third-order valence-corrected chi connectivity index (χ3v) is 4.60. The number of piperazine rings is 1. The van der Waals surface area contributed by atoms with E-state index in [1.54, 1.807) is 0 Å². The minimum absolute atomic E-state index is 0.280. The average Bonchev–Trinajstić information content (AvgIpc) is 2.86. The number of aryl methyl sites for hydroxylation is 1. The van der Waals surface area contributed by atoms with Crippen molar-refractivity contribution < 1.29 is 0 Å². The summed E-state index contributed by atoms with van der Waals surface area (Å²) in [5, 5.41) is 0. The van der Waals surface area contributed by atoms with E-state index in [0.717, 1.165) is 26.1 Å². The maximum atomic E-state index is 6.09. The molecule has 1 aromatic heterocycles. The highest BCUT2D eigenvalue weighted by atomic mass is 15.3. The maximum Gasteiger partial charge on any atom is 0.0948 e. The van der Waals surface area contributed by atoms with Crippen molar-refractivity contribution in [2.24, 2.45) is 5.73 Å². The Bertz CT molecular complexity index is 404. The molecule has 5 nitrogen and oxygen atoms in total. The van der Waals surface area contributed by atoms with Crippen LogP contribution in [0.4, 0.5) is 0 Å². The number of hydrogen-bond donors (Lipinski definition) is 1. The first kappa shape index (κ1) is 15.5. The smallest absolute Gasteiger partial charge is 0.0948 e. The normalized spacial score (nSPS) is 26.9. The van der Waals surface area contributed by atoms with Crippen LogP contribution >= 0.6 is 0 Å². The van der Waals surface area contributed by atoms with Crippen molar-refractivity contribution in [1.29, 1.82) is 0 Å². The number of aromatic nitrogens is 2. The number of imidazole rings is 1. The molecule has 1 aliphatic heterocycles. The molecule has 1 aliphatic rings. The summed E-state index contributed by atoms with van der Waals surface area (Å²) in [7, 11) is 2.21.